The summed E-state index contributed by atoms with van der Waals surface area (Å²) in [6, 6.07) is 7.74. The predicted octanol–water partition coefficient (Wildman–Crippen LogP) is 3.36. The second kappa shape index (κ2) is 6.75. The third kappa shape index (κ3) is 3.97. The number of likely N-dealkylation sites (tertiary alicyclic amines) is 1. The summed E-state index contributed by atoms with van der Waals surface area (Å²) in [7, 11) is 0. The van der Waals surface area contributed by atoms with E-state index in [1.165, 1.54) is 6.42 Å². The van der Waals surface area contributed by atoms with E-state index >= 15 is 0 Å². The highest BCUT2D eigenvalue weighted by Crippen LogP contribution is 2.19. The third-order valence-corrected chi connectivity index (χ3v) is 3.97. The summed E-state index contributed by atoms with van der Waals surface area (Å²) in [4.78, 5) is 14.2. The Bertz CT molecular complexity index is 459. The van der Waals surface area contributed by atoms with E-state index in [1.807, 2.05) is 36.1 Å². The van der Waals surface area contributed by atoms with Crippen LogP contribution in [0, 0.1) is 5.92 Å². The van der Waals surface area contributed by atoms with Gasteiger partial charge in [0, 0.05) is 24.8 Å². The van der Waals surface area contributed by atoms with Gasteiger partial charge in [-0.1, -0.05) is 19.1 Å². The van der Waals surface area contributed by atoms with Crippen LogP contribution in [0.1, 0.15) is 44.7 Å². The molecule has 0 saturated carbocycles. The molecule has 3 N–H and O–H groups in total. The third-order valence-electron chi connectivity index (χ3n) is 3.97. The molecule has 2 unspecified atom stereocenters. The molecule has 1 saturated heterocycles. The zero-order valence-corrected chi connectivity index (χ0v) is 12.4. The summed E-state index contributed by atoms with van der Waals surface area (Å²) in [5.41, 5.74) is 7.72. The van der Waals surface area contributed by atoms with Crippen LogP contribution in [0.25, 0.3) is 0 Å². The van der Waals surface area contributed by atoms with Crippen molar-refractivity contribution in [1.29, 1.82) is 0 Å². The van der Waals surface area contributed by atoms with E-state index in [0.29, 0.717) is 5.92 Å². The number of urea groups is 1. The van der Waals surface area contributed by atoms with E-state index in [9.17, 15) is 4.79 Å². The van der Waals surface area contributed by atoms with Crippen molar-refractivity contribution in [2.45, 2.75) is 39.2 Å². The van der Waals surface area contributed by atoms with E-state index in [4.69, 9.17) is 5.73 Å². The molecular weight excluding hydrogens is 250 g/mol. The lowest BCUT2D eigenvalue weighted by atomic mass is 10.0. The Hall–Kier alpha value is -1.55. The van der Waals surface area contributed by atoms with E-state index in [1.54, 1.807) is 0 Å². The van der Waals surface area contributed by atoms with Gasteiger partial charge in [-0.05, 0) is 49.8 Å². The number of anilines is 1. The van der Waals surface area contributed by atoms with Gasteiger partial charge in [0.15, 0.2) is 0 Å². The van der Waals surface area contributed by atoms with Crippen molar-refractivity contribution in [1.82, 2.24) is 4.90 Å². The standard InChI is InChI=1S/C16H25N3O/c1-12-5-4-9-19(10-8-12)16(20)18-15-7-3-6-14(11-15)13(2)17/h3,6-7,11-13H,4-5,8-10,17H2,1-2H3,(H,18,20). The summed E-state index contributed by atoms with van der Waals surface area (Å²) >= 11 is 0. The fraction of sp³-hybridized carbons (Fsp3) is 0.562. The van der Waals surface area contributed by atoms with Crippen LogP contribution in [-0.2, 0) is 0 Å². The first-order valence-electron chi connectivity index (χ1n) is 7.47. The number of nitrogens with one attached hydrogen (secondary N) is 1. The Labute approximate surface area is 121 Å². The topological polar surface area (TPSA) is 58.4 Å². The summed E-state index contributed by atoms with van der Waals surface area (Å²) in [5, 5.41) is 2.98. The first kappa shape index (κ1) is 14.9. The molecule has 2 amide bonds. The molecule has 4 heteroatoms. The molecule has 2 atom stereocenters. The molecule has 0 spiro atoms. The van der Waals surface area contributed by atoms with Crippen molar-refractivity contribution in [3.05, 3.63) is 29.8 Å². The minimum atomic E-state index is -0.0223. The number of rotatable bonds is 2. The molecule has 0 aliphatic carbocycles. The van der Waals surface area contributed by atoms with Crippen LogP contribution in [0.3, 0.4) is 0 Å². The highest BCUT2D eigenvalue weighted by molar-refractivity contribution is 5.89. The number of amides is 2. The molecule has 4 nitrogen and oxygen atoms in total. The lowest BCUT2D eigenvalue weighted by Gasteiger charge is -2.21. The summed E-state index contributed by atoms with van der Waals surface area (Å²) in [5.74, 6) is 0.717. The summed E-state index contributed by atoms with van der Waals surface area (Å²) < 4.78 is 0. The molecule has 1 aromatic carbocycles. The van der Waals surface area contributed by atoms with Crippen molar-refractivity contribution < 1.29 is 4.79 Å². The predicted molar refractivity (Wildman–Crippen MR) is 82.7 cm³/mol. The zero-order chi connectivity index (χ0) is 14.5. The van der Waals surface area contributed by atoms with Gasteiger partial charge in [-0.25, -0.2) is 4.79 Å². The van der Waals surface area contributed by atoms with Gasteiger partial charge >= 0.3 is 6.03 Å². The molecule has 20 heavy (non-hydrogen) atoms. The van der Waals surface area contributed by atoms with Crippen molar-refractivity contribution in [3.63, 3.8) is 0 Å². The summed E-state index contributed by atoms with van der Waals surface area (Å²) in [6.45, 7) is 5.90. The number of carbonyl (C=O) groups excluding carboxylic acids is 1. The smallest absolute Gasteiger partial charge is 0.321 e. The fourth-order valence-electron chi connectivity index (χ4n) is 2.57. The average molecular weight is 275 g/mol. The molecule has 1 aliphatic heterocycles. The molecule has 1 aliphatic rings. The lowest BCUT2D eigenvalue weighted by molar-refractivity contribution is 0.213. The zero-order valence-electron chi connectivity index (χ0n) is 12.4. The van der Waals surface area contributed by atoms with Crippen LogP contribution in [0.2, 0.25) is 0 Å². The van der Waals surface area contributed by atoms with Gasteiger partial charge < -0.3 is 16.0 Å². The monoisotopic (exact) mass is 275 g/mol. The van der Waals surface area contributed by atoms with Gasteiger partial charge in [-0.15, -0.1) is 0 Å². The molecule has 1 heterocycles. The molecular formula is C16H25N3O. The summed E-state index contributed by atoms with van der Waals surface area (Å²) in [6.07, 6.45) is 3.39. The lowest BCUT2D eigenvalue weighted by Crippen LogP contribution is -2.35. The van der Waals surface area contributed by atoms with Crippen molar-refractivity contribution in [3.8, 4) is 0 Å². The Morgan fingerprint density at radius 1 is 1.40 bits per heavy atom. The maximum Gasteiger partial charge on any atom is 0.321 e. The average Bonchev–Trinajstić information content (AvgIpc) is 2.64. The number of carbonyl (C=O) groups is 1. The van der Waals surface area contributed by atoms with Gasteiger partial charge in [0.1, 0.15) is 0 Å². The van der Waals surface area contributed by atoms with Gasteiger partial charge in [-0.3, -0.25) is 0 Å². The van der Waals surface area contributed by atoms with Gasteiger partial charge in [-0.2, -0.15) is 0 Å². The molecule has 0 aromatic heterocycles. The van der Waals surface area contributed by atoms with Crippen molar-refractivity contribution in [2.24, 2.45) is 11.7 Å². The SMILES string of the molecule is CC1CCCN(C(=O)Nc2cccc(C(C)N)c2)CC1. The fourth-order valence-corrected chi connectivity index (χ4v) is 2.57. The number of benzene rings is 1. The van der Waals surface area contributed by atoms with Crippen molar-refractivity contribution in [2.75, 3.05) is 18.4 Å². The highest BCUT2D eigenvalue weighted by atomic mass is 16.2. The quantitative estimate of drug-likeness (QED) is 0.869. The molecule has 0 bridgehead atoms. The molecule has 1 aromatic rings. The normalized spacial score (nSPS) is 21.1. The number of nitrogens with zero attached hydrogens (tertiary/aromatic N) is 1. The van der Waals surface area contributed by atoms with E-state index in [0.717, 1.165) is 37.2 Å². The number of hydrogen-bond acceptors (Lipinski definition) is 2. The van der Waals surface area contributed by atoms with E-state index in [2.05, 4.69) is 12.2 Å². The Morgan fingerprint density at radius 2 is 2.20 bits per heavy atom. The Kier molecular flexibility index (Phi) is 5.01. The first-order valence-corrected chi connectivity index (χ1v) is 7.47. The van der Waals surface area contributed by atoms with Gasteiger partial charge in [0.25, 0.3) is 0 Å². The molecule has 2 rings (SSSR count). The Morgan fingerprint density at radius 3 is 2.95 bits per heavy atom. The largest absolute Gasteiger partial charge is 0.325 e. The minimum Gasteiger partial charge on any atom is -0.325 e. The van der Waals surface area contributed by atoms with E-state index < -0.39 is 0 Å². The van der Waals surface area contributed by atoms with Crippen LogP contribution >= 0.6 is 0 Å². The maximum atomic E-state index is 12.3. The number of nitrogens with two attached hydrogens (primary N) is 1. The van der Waals surface area contributed by atoms with Gasteiger partial charge in [0.05, 0.1) is 0 Å². The molecule has 0 radical (unpaired) electrons. The van der Waals surface area contributed by atoms with Crippen molar-refractivity contribution >= 4 is 11.7 Å². The second-order valence-corrected chi connectivity index (χ2v) is 5.87. The van der Waals surface area contributed by atoms with Crippen LogP contribution in [0.4, 0.5) is 10.5 Å². The molecule has 110 valence electrons. The van der Waals surface area contributed by atoms with Crippen LogP contribution in [0.15, 0.2) is 24.3 Å². The van der Waals surface area contributed by atoms with E-state index in [-0.39, 0.29) is 12.1 Å². The van der Waals surface area contributed by atoms with Crippen LogP contribution in [0.5, 0.6) is 0 Å². The van der Waals surface area contributed by atoms with Gasteiger partial charge in [0.2, 0.25) is 0 Å². The minimum absolute atomic E-state index is 0.000856. The molecule has 1 fully saturated rings. The maximum absolute atomic E-state index is 12.3. The van der Waals surface area contributed by atoms with Crippen LogP contribution < -0.4 is 11.1 Å². The number of hydrogen-bond donors (Lipinski definition) is 2. The first-order chi connectivity index (χ1) is 9.56. The second-order valence-electron chi connectivity index (χ2n) is 5.87. The highest BCUT2D eigenvalue weighted by Gasteiger charge is 2.18. The van der Waals surface area contributed by atoms with Crippen LogP contribution in [-0.4, -0.2) is 24.0 Å². The Balaban J connectivity index is 1.98.